The van der Waals surface area contributed by atoms with E-state index in [9.17, 15) is 4.79 Å². The number of benzene rings is 1. The van der Waals surface area contributed by atoms with Crippen LogP contribution in [0.4, 0.5) is 4.79 Å². The maximum atomic E-state index is 11.6. The van der Waals surface area contributed by atoms with Crippen LogP contribution in [0.3, 0.4) is 0 Å². The second-order valence-electron chi connectivity index (χ2n) is 4.44. The van der Waals surface area contributed by atoms with Gasteiger partial charge in [0.1, 0.15) is 12.4 Å². The highest BCUT2D eigenvalue weighted by atomic mass is 16.6. The lowest BCUT2D eigenvalue weighted by molar-refractivity contribution is 0.157. The van der Waals surface area contributed by atoms with Crippen molar-refractivity contribution >= 4 is 6.09 Å². The van der Waals surface area contributed by atoms with Gasteiger partial charge in [-0.05, 0) is 24.5 Å². The summed E-state index contributed by atoms with van der Waals surface area (Å²) < 4.78 is 10.5. The zero-order valence-corrected chi connectivity index (χ0v) is 10.9. The van der Waals surface area contributed by atoms with Crippen molar-refractivity contribution < 1.29 is 14.3 Å². The number of rotatable bonds is 5. The van der Waals surface area contributed by atoms with E-state index in [1.165, 1.54) is 0 Å². The Balaban J connectivity index is 2.10. The molecule has 1 aromatic rings. The Bertz CT molecular complexity index is 419. The predicted octanol–water partition coefficient (Wildman–Crippen LogP) is 2.47. The first-order valence-corrected chi connectivity index (χ1v) is 6.31. The van der Waals surface area contributed by atoms with E-state index in [0.29, 0.717) is 6.61 Å². The van der Waals surface area contributed by atoms with Crippen LogP contribution < -0.4 is 4.74 Å². The van der Waals surface area contributed by atoms with E-state index < -0.39 is 0 Å². The van der Waals surface area contributed by atoms with Crippen LogP contribution in [0.15, 0.2) is 24.3 Å². The number of hydrogen-bond acceptors (Lipinski definition) is 3. The van der Waals surface area contributed by atoms with Crippen LogP contribution in [-0.4, -0.2) is 37.3 Å². The SMILES string of the molecule is CCCN1C(=O)OC[C@@H]1Cc1ccccc1OC. The van der Waals surface area contributed by atoms with Gasteiger partial charge in [0.25, 0.3) is 0 Å². The Labute approximate surface area is 107 Å². The molecule has 1 aliphatic heterocycles. The van der Waals surface area contributed by atoms with Gasteiger partial charge in [0.05, 0.1) is 13.2 Å². The quantitative estimate of drug-likeness (QED) is 0.804. The van der Waals surface area contributed by atoms with E-state index in [1.54, 1.807) is 7.11 Å². The number of nitrogens with zero attached hydrogens (tertiary/aromatic N) is 1. The lowest BCUT2D eigenvalue weighted by Crippen LogP contribution is -2.35. The van der Waals surface area contributed by atoms with E-state index >= 15 is 0 Å². The summed E-state index contributed by atoms with van der Waals surface area (Å²) in [7, 11) is 1.67. The Morgan fingerprint density at radius 2 is 2.22 bits per heavy atom. The molecule has 0 unspecified atom stereocenters. The molecule has 0 spiro atoms. The molecule has 0 saturated carbocycles. The van der Waals surface area contributed by atoms with Gasteiger partial charge in [-0.2, -0.15) is 0 Å². The van der Waals surface area contributed by atoms with Crippen molar-refractivity contribution in [3.05, 3.63) is 29.8 Å². The molecule has 0 aliphatic carbocycles. The highest BCUT2D eigenvalue weighted by molar-refractivity contribution is 5.70. The van der Waals surface area contributed by atoms with Crippen molar-refractivity contribution in [3.8, 4) is 5.75 Å². The van der Waals surface area contributed by atoms with Crippen LogP contribution in [0.5, 0.6) is 5.75 Å². The number of hydrogen-bond donors (Lipinski definition) is 0. The summed E-state index contributed by atoms with van der Waals surface area (Å²) in [6.07, 6.45) is 1.52. The molecule has 2 rings (SSSR count). The molecular formula is C14H19NO3. The maximum absolute atomic E-state index is 11.6. The first-order valence-electron chi connectivity index (χ1n) is 6.31. The average Bonchev–Trinajstić information content (AvgIpc) is 2.73. The second kappa shape index (κ2) is 5.76. The molecule has 1 saturated heterocycles. The number of carbonyl (C=O) groups excluding carboxylic acids is 1. The topological polar surface area (TPSA) is 38.8 Å². The summed E-state index contributed by atoms with van der Waals surface area (Å²) in [6, 6.07) is 8.03. The average molecular weight is 249 g/mol. The highest BCUT2D eigenvalue weighted by Gasteiger charge is 2.32. The predicted molar refractivity (Wildman–Crippen MR) is 68.8 cm³/mol. The summed E-state index contributed by atoms with van der Waals surface area (Å²) in [4.78, 5) is 13.4. The molecule has 0 bridgehead atoms. The lowest BCUT2D eigenvalue weighted by Gasteiger charge is -2.21. The second-order valence-corrected chi connectivity index (χ2v) is 4.44. The minimum Gasteiger partial charge on any atom is -0.496 e. The van der Waals surface area contributed by atoms with Gasteiger partial charge in [-0.1, -0.05) is 25.1 Å². The molecule has 1 amide bonds. The molecule has 0 N–H and O–H groups in total. The van der Waals surface area contributed by atoms with Crippen molar-refractivity contribution in [2.24, 2.45) is 0 Å². The van der Waals surface area contributed by atoms with E-state index in [2.05, 4.69) is 6.92 Å². The Morgan fingerprint density at radius 3 is 2.94 bits per heavy atom. The molecule has 0 aromatic heterocycles. The molecule has 1 fully saturated rings. The van der Waals surface area contributed by atoms with Crippen LogP contribution in [0.1, 0.15) is 18.9 Å². The number of amides is 1. The van der Waals surface area contributed by atoms with Crippen molar-refractivity contribution in [2.45, 2.75) is 25.8 Å². The molecule has 4 nitrogen and oxygen atoms in total. The van der Waals surface area contributed by atoms with Gasteiger partial charge in [-0.15, -0.1) is 0 Å². The molecule has 18 heavy (non-hydrogen) atoms. The number of methoxy groups -OCH3 is 1. The third kappa shape index (κ3) is 2.58. The molecule has 4 heteroatoms. The number of carbonyl (C=O) groups is 1. The summed E-state index contributed by atoms with van der Waals surface area (Å²) in [6.45, 7) is 3.28. The van der Waals surface area contributed by atoms with Crippen molar-refractivity contribution in [1.29, 1.82) is 0 Å². The number of para-hydroxylation sites is 1. The lowest BCUT2D eigenvalue weighted by atomic mass is 10.0. The van der Waals surface area contributed by atoms with Crippen molar-refractivity contribution in [1.82, 2.24) is 4.90 Å². The minimum atomic E-state index is -0.197. The van der Waals surface area contributed by atoms with Crippen molar-refractivity contribution in [2.75, 3.05) is 20.3 Å². The molecule has 1 aromatic carbocycles. The molecular weight excluding hydrogens is 230 g/mol. The fourth-order valence-corrected chi connectivity index (χ4v) is 2.30. The van der Waals surface area contributed by atoms with Gasteiger partial charge in [-0.3, -0.25) is 0 Å². The normalized spacial score (nSPS) is 18.9. The molecule has 98 valence electrons. The summed E-state index contributed by atoms with van der Waals surface area (Å²) in [5.41, 5.74) is 1.12. The summed E-state index contributed by atoms with van der Waals surface area (Å²) in [5, 5.41) is 0. The number of cyclic esters (lactones) is 1. The summed E-state index contributed by atoms with van der Waals surface area (Å²) in [5.74, 6) is 0.869. The third-order valence-electron chi connectivity index (χ3n) is 3.19. The standard InChI is InChI=1S/C14H19NO3/c1-3-8-15-12(10-18-14(15)16)9-11-6-4-5-7-13(11)17-2/h4-7,12H,3,8-10H2,1-2H3/t12-/m0/s1. The largest absolute Gasteiger partial charge is 0.496 e. The van der Waals surface area contributed by atoms with Crippen LogP contribution in [0.25, 0.3) is 0 Å². The van der Waals surface area contributed by atoms with E-state index in [4.69, 9.17) is 9.47 Å². The smallest absolute Gasteiger partial charge is 0.410 e. The Morgan fingerprint density at radius 1 is 1.44 bits per heavy atom. The van der Waals surface area contributed by atoms with Gasteiger partial charge in [0, 0.05) is 6.54 Å². The van der Waals surface area contributed by atoms with Crippen LogP contribution >= 0.6 is 0 Å². The maximum Gasteiger partial charge on any atom is 0.410 e. The first-order chi connectivity index (χ1) is 8.76. The minimum absolute atomic E-state index is 0.119. The van der Waals surface area contributed by atoms with Crippen LogP contribution in [0.2, 0.25) is 0 Å². The van der Waals surface area contributed by atoms with E-state index in [1.807, 2.05) is 29.2 Å². The zero-order chi connectivity index (χ0) is 13.0. The summed E-state index contributed by atoms with van der Waals surface area (Å²) >= 11 is 0. The van der Waals surface area contributed by atoms with Crippen LogP contribution in [-0.2, 0) is 11.2 Å². The third-order valence-corrected chi connectivity index (χ3v) is 3.19. The fourth-order valence-electron chi connectivity index (χ4n) is 2.30. The Hall–Kier alpha value is -1.71. The Kier molecular flexibility index (Phi) is 4.07. The van der Waals surface area contributed by atoms with Gasteiger partial charge in [0.15, 0.2) is 0 Å². The van der Waals surface area contributed by atoms with E-state index in [0.717, 1.165) is 30.7 Å². The zero-order valence-electron chi connectivity index (χ0n) is 10.9. The number of ether oxygens (including phenoxy) is 2. The monoisotopic (exact) mass is 249 g/mol. The van der Waals surface area contributed by atoms with Gasteiger partial charge >= 0.3 is 6.09 Å². The van der Waals surface area contributed by atoms with Gasteiger partial charge in [0.2, 0.25) is 0 Å². The van der Waals surface area contributed by atoms with Crippen LogP contribution in [0, 0.1) is 0 Å². The van der Waals surface area contributed by atoms with Gasteiger partial charge in [-0.25, -0.2) is 4.79 Å². The highest BCUT2D eigenvalue weighted by Crippen LogP contribution is 2.23. The van der Waals surface area contributed by atoms with Gasteiger partial charge < -0.3 is 14.4 Å². The fraction of sp³-hybridized carbons (Fsp3) is 0.500. The molecule has 0 radical (unpaired) electrons. The molecule has 1 atom stereocenters. The molecule has 1 aliphatic rings. The first kappa shape index (κ1) is 12.7. The van der Waals surface area contributed by atoms with Crippen molar-refractivity contribution in [3.63, 3.8) is 0 Å². The molecule has 1 heterocycles. The van der Waals surface area contributed by atoms with E-state index in [-0.39, 0.29) is 12.1 Å².